The van der Waals surface area contributed by atoms with Gasteiger partial charge in [0.25, 0.3) is 0 Å². The summed E-state index contributed by atoms with van der Waals surface area (Å²) in [5.74, 6) is 1.87. The Kier molecular flexibility index (Phi) is 6.93. The first-order chi connectivity index (χ1) is 8.67. The first-order valence-corrected chi connectivity index (χ1v) is 7.39. The minimum absolute atomic E-state index is 0.219. The monoisotopic (exact) mass is 271 g/mol. The topological polar surface area (TPSA) is 61.5 Å². The summed E-state index contributed by atoms with van der Waals surface area (Å²) < 4.78 is 21.9. The van der Waals surface area contributed by atoms with Gasteiger partial charge in [0.1, 0.15) is 5.75 Å². The highest BCUT2D eigenvalue weighted by Crippen LogP contribution is 2.18. The normalized spacial score (nSPS) is 14.2. The van der Waals surface area contributed by atoms with Gasteiger partial charge >= 0.3 is 0 Å². The highest BCUT2D eigenvalue weighted by atomic mass is 32.2. The second kappa shape index (κ2) is 8.24. The molecule has 0 heterocycles. The van der Waals surface area contributed by atoms with E-state index in [1.165, 1.54) is 0 Å². The zero-order valence-corrected chi connectivity index (χ0v) is 11.7. The molecule has 0 radical (unpaired) electrons. The van der Waals surface area contributed by atoms with E-state index in [1.807, 2.05) is 24.3 Å². The predicted octanol–water partition coefficient (Wildman–Crippen LogP) is 1.48. The molecule has 2 unspecified atom stereocenters. The predicted molar refractivity (Wildman–Crippen MR) is 74.3 cm³/mol. The van der Waals surface area contributed by atoms with E-state index in [9.17, 15) is 4.21 Å². The van der Waals surface area contributed by atoms with Gasteiger partial charge in [0, 0.05) is 42.1 Å². The molecule has 0 amide bonds. The first kappa shape index (κ1) is 15.1. The number of ether oxygens (including phenoxy) is 2. The van der Waals surface area contributed by atoms with Crippen molar-refractivity contribution in [1.29, 1.82) is 0 Å². The van der Waals surface area contributed by atoms with Crippen molar-refractivity contribution < 1.29 is 13.7 Å². The molecule has 4 nitrogen and oxygen atoms in total. The van der Waals surface area contributed by atoms with E-state index in [2.05, 4.69) is 0 Å². The van der Waals surface area contributed by atoms with Gasteiger partial charge < -0.3 is 15.2 Å². The molecule has 0 aliphatic heterocycles. The molecule has 0 bridgehead atoms. The maximum absolute atomic E-state index is 11.8. The summed E-state index contributed by atoms with van der Waals surface area (Å²) in [4.78, 5) is 0. The molecule has 2 N–H and O–H groups in total. The molecule has 0 saturated carbocycles. The Morgan fingerprint density at radius 1 is 1.39 bits per heavy atom. The van der Waals surface area contributed by atoms with Crippen molar-refractivity contribution in [3.63, 3.8) is 0 Å². The van der Waals surface area contributed by atoms with Crippen LogP contribution in [0.3, 0.4) is 0 Å². The zero-order chi connectivity index (χ0) is 13.4. The molecule has 0 spiro atoms. The maximum atomic E-state index is 11.8. The Bertz CT molecular complexity index is 384. The fraction of sp³-hybridized carbons (Fsp3) is 0.538. The van der Waals surface area contributed by atoms with Crippen molar-refractivity contribution in [1.82, 2.24) is 0 Å². The van der Waals surface area contributed by atoms with Crippen LogP contribution in [0.4, 0.5) is 0 Å². The molecule has 5 heteroatoms. The molecular formula is C13H21NO3S. The van der Waals surface area contributed by atoms with Crippen LogP contribution in [-0.4, -0.2) is 36.5 Å². The average Bonchev–Trinajstić information content (AvgIpc) is 2.39. The van der Waals surface area contributed by atoms with E-state index in [4.69, 9.17) is 15.2 Å². The van der Waals surface area contributed by atoms with Gasteiger partial charge in [0.15, 0.2) is 0 Å². The Balaban J connectivity index is 2.48. The minimum Gasteiger partial charge on any atom is -0.497 e. The van der Waals surface area contributed by atoms with E-state index in [-0.39, 0.29) is 6.04 Å². The average molecular weight is 271 g/mol. The quantitative estimate of drug-likeness (QED) is 0.728. The molecule has 1 rings (SSSR count). The second-order valence-electron chi connectivity index (χ2n) is 4.04. The highest BCUT2D eigenvalue weighted by Gasteiger charge is 2.11. The van der Waals surface area contributed by atoms with Gasteiger partial charge in [0.2, 0.25) is 0 Å². The van der Waals surface area contributed by atoms with Crippen molar-refractivity contribution in [2.45, 2.75) is 12.5 Å². The fourth-order valence-corrected chi connectivity index (χ4v) is 2.82. The Morgan fingerprint density at radius 3 is 2.83 bits per heavy atom. The van der Waals surface area contributed by atoms with Gasteiger partial charge in [-0.15, -0.1) is 0 Å². The SMILES string of the molecule is COCCCS(=O)CC(N)c1cccc(OC)c1. The van der Waals surface area contributed by atoms with E-state index < -0.39 is 10.8 Å². The molecule has 1 aromatic rings. The first-order valence-electron chi connectivity index (χ1n) is 5.90. The summed E-state index contributed by atoms with van der Waals surface area (Å²) in [6, 6.07) is 7.35. The summed E-state index contributed by atoms with van der Waals surface area (Å²) in [5.41, 5.74) is 7.00. The maximum Gasteiger partial charge on any atom is 0.119 e. The third kappa shape index (κ3) is 5.16. The highest BCUT2D eigenvalue weighted by molar-refractivity contribution is 7.85. The van der Waals surface area contributed by atoms with Gasteiger partial charge in [-0.2, -0.15) is 0 Å². The van der Waals surface area contributed by atoms with E-state index in [0.29, 0.717) is 18.1 Å². The van der Waals surface area contributed by atoms with Gasteiger partial charge in [-0.3, -0.25) is 4.21 Å². The number of methoxy groups -OCH3 is 2. The fourth-order valence-electron chi connectivity index (χ4n) is 1.62. The van der Waals surface area contributed by atoms with Gasteiger partial charge in [-0.1, -0.05) is 12.1 Å². The van der Waals surface area contributed by atoms with E-state index in [1.54, 1.807) is 14.2 Å². The third-order valence-corrected chi connectivity index (χ3v) is 4.08. The number of nitrogens with two attached hydrogens (primary N) is 1. The van der Waals surface area contributed by atoms with Gasteiger partial charge in [-0.05, 0) is 24.1 Å². The summed E-state index contributed by atoms with van der Waals surface area (Å²) in [7, 11) is 2.36. The number of benzene rings is 1. The lowest BCUT2D eigenvalue weighted by molar-refractivity contribution is 0.200. The van der Waals surface area contributed by atoms with Crippen LogP contribution in [0.15, 0.2) is 24.3 Å². The Hall–Kier alpha value is -0.910. The van der Waals surface area contributed by atoms with Crippen LogP contribution in [0, 0.1) is 0 Å². The molecular weight excluding hydrogens is 250 g/mol. The molecule has 0 aliphatic carbocycles. The standard InChI is InChI=1S/C13H21NO3S/c1-16-7-4-8-18(15)10-13(14)11-5-3-6-12(9-11)17-2/h3,5-6,9,13H,4,7-8,10,14H2,1-2H3. The van der Waals surface area contributed by atoms with Crippen molar-refractivity contribution in [3.05, 3.63) is 29.8 Å². The lowest BCUT2D eigenvalue weighted by Gasteiger charge is -2.12. The minimum atomic E-state index is -0.906. The van der Waals surface area contributed by atoms with Crippen LogP contribution in [0.2, 0.25) is 0 Å². The summed E-state index contributed by atoms with van der Waals surface area (Å²) in [5, 5.41) is 0. The molecule has 2 atom stereocenters. The lowest BCUT2D eigenvalue weighted by Crippen LogP contribution is -2.20. The molecule has 1 aromatic carbocycles. The van der Waals surface area contributed by atoms with Crippen molar-refractivity contribution in [2.75, 3.05) is 32.3 Å². The van der Waals surface area contributed by atoms with Crippen LogP contribution in [0.1, 0.15) is 18.0 Å². The van der Waals surface area contributed by atoms with Crippen LogP contribution in [0.25, 0.3) is 0 Å². The van der Waals surface area contributed by atoms with Crippen LogP contribution in [-0.2, 0) is 15.5 Å². The van der Waals surface area contributed by atoms with Crippen LogP contribution < -0.4 is 10.5 Å². The Morgan fingerprint density at radius 2 is 2.17 bits per heavy atom. The summed E-state index contributed by atoms with van der Waals surface area (Å²) >= 11 is 0. The summed E-state index contributed by atoms with van der Waals surface area (Å²) in [6.07, 6.45) is 0.800. The van der Waals surface area contributed by atoms with E-state index >= 15 is 0 Å². The largest absolute Gasteiger partial charge is 0.497 e. The second-order valence-corrected chi connectivity index (χ2v) is 5.66. The number of rotatable bonds is 8. The van der Waals surface area contributed by atoms with Crippen molar-refractivity contribution >= 4 is 10.8 Å². The molecule has 102 valence electrons. The molecule has 0 aliphatic rings. The van der Waals surface area contributed by atoms with Crippen molar-refractivity contribution in [3.8, 4) is 5.75 Å². The van der Waals surface area contributed by atoms with Crippen LogP contribution >= 0.6 is 0 Å². The smallest absolute Gasteiger partial charge is 0.119 e. The third-order valence-electron chi connectivity index (χ3n) is 2.61. The van der Waals surface area contributed by atoms with Gasteiger partial charge in [0.05, 0.1) is 7.11 Å². The van der Waals surface area contributed by atoms with E-state index in [0.717, 1.165) is 17.7 Å². The van der Waals surface area contributed by atoms with Crippen molar-refractivity contribution in [2.24, 2.45) is 5.73 Å². The lowest BCUT2D eigenvalue weighted by atomic mass is 10.1. The molecule has 0 aromatic heterocycles. The number of hydrogen-bond acceptors (Lipinski definition) is 4. The number of hydrogen-bond donors (Lipinski definition) is 1. The van der Waals surface area contributed by atoms with Crippen LogP contribution in [0.5, 0.6) is 5.75 Å². The molecule has 0 saturated heterocycles. The molecule has 18 heavy (non-hydrogen) atoms. The summed E-state index contributed by atoms with van der Waals surface area (Å²) in [6.45, 7) is 0.639. The van der Waals surface area contributed by atoms with Gasteiger partial charge in [-0.25, -0.2) is 0 Å². The Labute approximate surface area is 111 Å². The zero-order valence-electron chi connectivity index (χ0n) is 10.9. The molecule has 0 fully saturated rings.